The number of ether oxygens (including phenoxy) is 3. The Balaban J connectivity index is 1.77. The zero-order valence-electron chi connectivity index (χ0n) is 21.5. The van der Waals surface area contributed by atoms with Crippen molar-refractivity contribution >= 4 is 44.5 Å². The molecule has 2 saturated heterocycles. The van der Waals surface area contributed by atoms with Gasteiger partial charge in [-0.2, -0.15) is 23.1 Å². The third-order valence-corrected chi connectivity index (χ3v) is 6.98. The summed E-state index contributed by atoms with van der Waals surface area (Å²) in [6.45, 7) is 10.3. The second kappa shape index (κ2) is 10.4. The first-order valence-corrected chi connectivity index (χ1v) is 13.0. The van der Waals surface area contributed by atoms with Crippen LogP contribution >= 0.6 is 15.9 Å². The van der Waals surface area contributed by atoms with Gasteiger partial charge in [0.05, 0.1) is 23.2 Å². The maximum atomic E-state index is 15.6. The molecule has 208 valence electrons. The Morgan fingerprint density at radius 2 is 1.82 bits per heavy atom. The van der Waals surface area contributed by atoms with E-state index in [0.29, 0.717) is 38.1 Å². The fraction of sp³-hybridized carbons (Fsp3) is 0.560. The number of hydrogen-bond acceptors (Lipinski definition) is 7. The number of fused-ring (bicyclic) bond motifs is 3. The molecule has 4 rings (SSSR count). The van der Waals surface area contributed by atoms with Crippen molar-refractivity contribution in [1.82, 2.24) is 14.9 Å². The van der Waals surface area contributed by atoms with Crippen LogP contribution in [-0.4, -0.2) is 71.1 Å². The Bertz CT molecular complexity index is 1240. The Morgan fingerprint density at radius 1 is 1.18 bits per heavy atom. The van der Waals surface area contributed by atoms with E-state index in [4.69, 9.17) is 14.2 Å². The maximum Gasteiger partial charge on any atom is 0.422 e. The molecule has 2 fully saturated rings. The SMILES string of the molecule is C=C(OCC)c1cc2c(N3C[C@H]4CC[C@@H](C3)N4C(=O)OC(C)(C)C)nc(OCC(F)(F)F)nc2c(F)c1Br. The van der Waals surface area contributed by atoms with Gasteiger partial charge >= 0.3 is 18.3 Å². The molecule has 0 unspecified atom stereocenters. The molecule has 2 aromatic rings. The highest BCUT2D eigenvalue weighted by Crippen LogP contribution is 2.40. The predicted molar refractivity (Wildman–Crippen MR) is 137 cm³/mol. The summed E-state index contributed by atoms with van der Waals surface area (Å²) in [5.74, 6) is -0.405. The lowest BCUT2D eigenvalue weighted by molar-refractivity contribution is -0.154. The highest BCUT2D eigenvalue weighted by atomic mass is 79.9. The molecule has 2 bridgehead atoms. The van der Waals surface area contributed by atoms with E-state index < -0.39 is 36.3 Å². The molecule has 13 heteroatoms. The van der Waals surface area contributed by atoms with E-state index in [1.165, 1.54) is 0 Å². The van der Waals surface area contributed by atoms with E-state index in [0.717, 1.165) is 0 Å². The third kappa shape index (κ3) is 5.92. The van der Waals surface area contributed by atoms with Crippen LogP contribution in [0.5, 0.6) is 6.01 Å². The monoisotopic (exact) mass is 604 g/mol. The first-order chi connectivity index (χ1) is 17.7. The van der Waals surface area contributed by atoms with Crippen molar-refractivity contribution in [2.24, 2.45) is 0 Å². The van der Waals surface area contributed by atoms with Crippen molar-refractivity contribution in [2.75, 3.05) is 31.2 Å². The van der Waals surface area contributed by atoms with Crippen molar-refractivity contribution in [2.45, 2.75) is 64.4 Å². The number of carbonyl (C=O) groups excluding carboxylic acids is 1. The Hall–Kier alpha value is -2.83. The number of rotatable bonds is 6. The number of carbonyl (C=O) groups is 1. The number of benzene rings is 1. The molecule has 0 radical (unpaired) electrons. The second-order valence-electron chi connectivity index (χ2n) is 10.2. The van der Waals surface area contributed by atoms with Gasteiger partial charge in [0.15, 0.2) is 12.4 Å². The fourth-order valence-electron chi connectivity index (χ4n) is 4.76. The Kier molecular flexibility index (Phi) is 7.70. The predicted octanol–water partition coefficient (Wildman–Crippen LogP) is 6.07. The molecule has 0 saturated carbocycles. The van der Waals surface area contributed by atoms with Crippen LogP contribution in [0.1, 0.15) is 46.1 Å². The average molecular weight is 605 g/mol. The number of anilines is 1. The van der Waals surface area contributed by atoms with Gasteiger partial charge in [-0.05, 0) is 62.5 Å². The second-order valence-corrected chi connectivity index (χ2v) is 11.0. The van der Waals surface area contributed by atoms with Gasteiger partial charge in [-0.15, -0.1) is 0 Å². The maximum absolute atomic E-state index is 15.6. The van der Waals surface area contributed by atoms with Gasteiger partial charge in [0.1, 0.15) is 22.7 Å². The van der Waals surface area contributed by atoms with Gasteiger partial charge in [-0.25, -0.2) is 9.18 Å². The zero-order chi connectivity index (χ0) is 28.0. The van der Waals surface area contributed by atoms with Crippen LogP contribution in [-0.2, 0) is 9.47 Å². The van der Waals surface area contributed by atoms with Crippen LogP contribution in [0.15, 0.2) is 17.1 Å². The molecular weight excluding hydrogens is 576 g/mol. The molecule has 2 atom stereocenters. The standard InChI is InChI=1S/C25H29BrF4N4O4/c1-6-36-13(2)16-9-17-20(19(27)18(16)26)31-22(37-12-25(28,29)30)32-21(17)33-10-14-7-8-15(11-33)34(14)23(35)38-24(3,4)5/h9,14-15H,2,6-8,10-12H2,1,3-5H3/t14-,15+. The molecule has 2 aliphatic heterocycles. The van der Waals surface area contributed by atoms with Crippen molar-refractivity contribution in [3.05, 3.63) is 28.5 Å². The summed E-state index contributed by atoms with van der Waals surface area (Å²) in [5, 5.41) is 0.256. The lowest BCUT2D eigenvalue weighted by atomic mass is 10.1. The van der Waals surface area contributed by atoms with E-state index in [-0.39, 0.29) is 39.0 Å². The highest BCUT2D eigenvalue weighted by Gasteiger charge is 2.45. The number of amides is 1. The minimum atomic E-state index is -4.63. The van der Waals surface area contributed by atoms with Gasteiger partial charge in [0.2, 0.25) is 0 Å². The third-order valence-electron chi connectivity index (χ3n) is 6.20. The highest BCUT2D eigenvalue weighted by molar-refractivity contribution is 9.10. The van der Waals surface area contributed by atoms with Gasteiger partial charge < -0.3 is 19.1 Å². The topological polar surface area (TPSA) is 77.0 Å². The molecule has 1 amide bonds. The van der Waals surface area contributed by atoms with Gasteiger partial charge in [0, 0.05) is 24.0 Å². The van der Waals surface area contributed by atoms with Crippen LogP contribution in [0.25, 0.3) is 16.7 Å². The summed E-state index contributed by atoms with van der Waals surface area (Å²) >= 11 is 3.20. The quantitative estimate of drug-likeness (QED) is 0.293. The van der Waals surface area contributed by atoms with Gasteiger partial charge in [0.25, 0.3) is 0 Å². The molecule has 0 spiro atoms. The molecular formula is C25H29BrF4N4O4. The lowest BCUT2D eigenvalue weighted by Crippen LogP contribution is -2.57. The normalized spacial score (nSPS) is 19.6. The van der Waals surface area contributed by atoms with Crippen LogP contribution in [0.2, 0.25) is 0 Å². The largest absolute Gasteiger partial charge is 0.494 e. The lowest BCUT2D eigenvalue weighted by Gasteiger charge is -2.42. The summed E-state index contributed by atoms with van der Waals surface area (Å²) in [4.78, 5) is 24.7. The molecule has 38 heavy (non-hydrogen) atoms. The summed E-state index contributed by atoms with van der Waals surface area (Å²) in [6, 6.07) is 0.553. The minimum Gasteiger partial charge on any atom is -0.494 e. The molecule has 3 heterocycles. The first kappa shape index (κ1) is 28.2. The number of nitrogens with zero attached hydrogens (tertiary/aromatic N) is 4. The van der Waals surface area contributed by atoms with Crippen LogP contribution < -0.4 is 9.64 Å². The average Bonchev–Trinajstić information content (AvgIpc) is 3.08. The van der Waals surface area contributed by atoms with Crippen LogP contribution in [0.4, 0.5) is 28.2 Å². The number of halogens is 5. The van der Waals surface area contributed by atoms with E-state index in [2.05, 4.69) is 32.5 Å². The summed E-state index contributed by atoms with van der Waals surface area (Å²) in [5.41, 5.74) is -0.555. The number of hydrogen-bond donors (Lipinski definition) is 0. The van der Waals surface area contributed by atoms with Gasteiger partial charge in [-0.3, -0.25) is 4.90 Å². The minimum absolute atomic E-state index is 0.00434. The molecule has 1 aromatic heterocycles. The van der Waals surface area contributed by atoms with E-state index in [1.54, 1.807) is 38.7 Å². The van der Waals surface area contributed by atoms with Gasteiger partial charge in [-0.1, -0.05) is 6.58 Å². The van der Waals surface area contributed by atoms with Crippen molar-refractivity contribution in [3.8, 4) is 6.01 Å². The first-order valence-electron chi connectivity index (χ1n) is 12.2. The number of piperazine rings is 1. The molecule has 1 aromatic carbocycles. The zero-order valence-corrected chi connectivity index (χ0v) is 23.1. The Labute approximate surface area is 226 Å². The van der Waals surface area contributed by atoms with E-state index in [1.807, 2.05) is 4.90 Å². The molecule has 2 aliphatic rings. The molecule has 8 nitrogen and oxygen atoms in total. The van der Waals surface area contributed by atoms with Crippen molar-refractivity contribution in [1.29, 1.82) is 0 Å². The van der Waals surface area contributed by atoms with E-state index in [9.17, 15) is 18.0 Å². The summed E-state index contributed by atoms with van der Waals surface area (Å²) in [7, 11) is 0. The Morgan fingerprint density at radius 3 is 2.37 bits per heavy atom. The molecule has 0 aliphatic carbocycles. The summed E-state index contributed by atoms with van der Waals surface area (Å²) in [6.07, 6.45) is -3.62. The molecule has 0 N–H and O–H groups in total. The van der Waals surface area contributed by atoms with Crippen LogP contribution in [0, 0.1) is 5.82 Å². The van der Waals surface area contributed by atoms with E-state index >= 15 is 4.39 Å². The smallest absolute Gasteiger partial charge is 0.422 e. The van der Waals surface area contributed by atoms with Crippen molar-refractivity contribution in [3.63, 3.8) is 0 Å². The van der Waals surface area contributed by atoms with Crippen molar-refractivity contribution < 1.29 is 36.6 Å². The summed E-state index contributed by atoms with van der Waals surface area (Å²) < 4.78 is 70.0. The number of alkyl halides is 3. The van der Waals surface area contributed by atoms with Crippen LogP contribution in [0.3, 0.4) is 0 Å². The number of aromatic nitrogens is 2. The fourth-order valence-corrected chi connectivity index (χ4v) is 5.29.